The molecule has 2 aromatic rings. The standard InChI is InChI=1S/C17H15N3O3S3/c1-25-8-5-12(16(22)23)20-15(21)13(26-17(20)24)9-10-3-2-4-11-14(10)19-7-6-18-11/h2-4,6-7,9,12H,5,8H2,1H3,(H,22,23)/b13-9-/t12-/m0/s1. The molecule has 26 heavy (non-hydrogen) atoms. The third kappa shape index (κ3) is 3.74. The van der Waals surface area contributed by atoms with Crippen LogP contribution in [0.3, 0.4) is 0 Å². The lowest BCUT2D eigenvalue weighted by atomic mass is 10.1. The summed E-state index contributed by atoms with van der Waals surface area (Å²) in [7, 11) is 0. The maximum Gasteiger partial charge on any atom is 0.326 e. The van der Waals surface area contributed by atoms with E-state index in [1.807, 2.05) is 24.5 Å². The van der Waals surface area contributed by atoms with Crippen LogP contribution in [0.15, 0.2) is 35.5 Å². The van der Waals surface area contributed by atoms with E-state index >= 15 is 0 Å². The average molecular weight is 406 g/mol. The van der Waals surface area contributed by atoms with Crippen molar-refractivity contribution in [1.29, 1.82) is 0 Å². The summed E-state index contributed by atoms with van der Waals surface area (Å²) in [5.41, 5.74) is 2.14. The number of thiocarbonyl (C=S) groups is 1. The third-order valence-electron chi connectivity index (χ3n) is 3.83. The first-order chi connectivity index (χ1) is 12.5. The molecule has 0 saturated carbocycles. The van der Waals surface area contributed by atoms with Crippen LogP contribution in [0.25, 0.3) is 17.1 Å². The molecule has 0 unspecified atom stereocenters. The summed E-state index contributed by atoms with van der Waals surface area (Å²) >= 11 is 7.93. The normalized spacial score (nSPS) is 17.3. The second kappa shape index (κ2) is 8.15. The average Bonchev–Trinajstić information content (AvgIpc) is 2.90. The van der Waals surface area contributed by atoms with Gasteiger partial charge in [-0.05, 0) is 30.6 Å². The first-order valence-electron chi connectivity index (χ1n) is 7.71. The zero-order valence-corrected chi connectivity index (χ0v) is 16.2. The van der Waals surface area contributed by atoms with Crippen molar-refractivity contribution in [2.45, 2.75) is 12.5 Å². The molecule has 6 nitrogen and oxygen atoms in total. The summed E-state index contributed by atoms with van der Waals surface area (Å²) < 4.78 is 0.265. The number of carbonyl (C=O) groups is 2. The van der Waals surface area contributed by atoms with E-state index in [1.54, 1.807) is 18.5 Å². The van der Waals surface area contributed by atoms with Gasteiger partial charge in [-0.15, -0.1) is 0 Å². The van der Waals surface area contributed by atoms with Gasteiger partial charge in [0.05, 0.1) is 15.9 Å². The molecule has 1 aliphatic rings. The van der Waals surface area contributed by atoms with Crippen LogP contribution in [0.4, 0.5) is 0 Å². The number of nitrogens with zero attached hydrogens (tertiary/aromatic N) is 3. The van der Waals surface area contributed by atoms with Crippen molar-refractivity contribution in [3.05, 3.63) is 41.1 Å². The van der Waals surface area contributed by atoms with Crippen molar-refractivity contribution >= 4 is 69.0 Å². The predicted octanol–water partition coefficient (Wildman–Crippen LogP) is 3.04. The number of benzene rings is 1. The van der Waals surface area contributed by atoms with E-state index in [4.69, 9.17) is 12.2 Å². The smallest absolute Gasteiger partial charge is 0.326 e. The number of carboxylic acid groups (broad SMARTS) is 1. The van der Waals surface area contributed by atoms with Gasteiger partial charge >= 0.3 is 5.97 Å². The highest BCUT2D eigenvalue weighted by atomic mass is 32.2. The molecule has 0 bridgehead atoms. The summed E-state index contributed by atoms with van der Waals surface area (Å²) in [6, 6.07) is 4.56. The van der Waals surface area contributed by atoms with E-state index in [0.717, 1.165) is 22.8 Å². The number of hydrogen-bond donors (Lipinski definition) is 1. The monoisotopic (exact) mass is 405 g/mol. The Bertz CT molecular complexity index is 911. The Balaban J connectivity index is 1.95. The minimum Gasteiger partial charge on any atom is -0.480 e. The lowest BCUT2D eigenvalue weighted by molar-refractivity contribution is -0.145. The Hall–Kier alpha value is -1.97. The van der Waals surface area contributed by atoms with Crippen molar-refractivity contribution in [1.82, 2.24) is 14.9 Å². The maximum atomic E-state index is 12.8. The van der Waals surface area contributed by atoms with Gasteiger partial charge in [0.15, 0.2) is 0 Å². The summed E-state index contributed by atoms with van der Waals surface area (Å²) in [5.74, 6) is -0.798. The third-order valence-corrected chi connectivity index (χ3v) is 5.81. The Labute approximate surface area is 164 Å². The number of rotatable bonds is 6. The molecule has 0 aliphatic carbocycles. The highest BCUT2D eigenvalue weighted by Crippen LogP contribution is 2.35. The van der Waals surface area contributed by atoms with Gasteiger partial charge in [-0.3, -0.25) is 19.7 Å². The number of para-hydroxylation sites is 1. The van der Waals surface area contributed by atoms with E-state index in [0.29, 0.717) is 22.6 Å². The number of thioether (sulfide) groups is 2. The number of hydrogen-bond acceptors (Lipinski definition) is 7. The SMILES string of the molecule is CSCC[C@@H](C(=O)O)N1C(=O)/C(=C/c2cccc3nccnc23)SC1=S. The first kappa shape index (κ1) is 18.8. The number of carbonyl (C=O) groups excluding carboxylic acids is 1. The van der Waals surface area contributed by atoms with Gasteiger partial charge in [0.25, 0.3) is 5.91 Å². The molecule has 1 amide bonds. The summed E-state index contributed by atoms with van der Waals surface area (Å²) in [5, 5.41) is 9.50. The molecule has 1 N–H and O–H groups in total. The lowest BCUT2D eigenvalue weighted by Crippen LogP contribution is -2.44. The van der Waals surface area contributed by atoms with E-state index in [2.05, 4.69) is 9.97 Å². The van der Waals surface area contributed by atoms with E-state index in [-0.39, 0.29) is 10.2 Å². The number of amides is 1. The lowest BCUT2D eigenvalue weighted by Gasteiger charge is -2.22. The maximum absolute atomic E-state index is 12.8. The molecule has 2 heterocycles. The van der Waals surface area contributed by atoms with Gasteiger partial charge in [0.2, 0.25) is 0 Å². The van der Waals surface area contributed by atoms with E-state index in [1.165, 1.54) is 16.7 Å². The molecule has 1 fully saturated rings. The minimum atomic E-state index is -1.05. The van der Waals surface area contributed by atoms with Gasteiger partial charge in [-0.2, -0.15) is 11.8 Å². The molecule has 0 radical (unpaired) electrons. The summed E-state index contributed by atoms with van der Waals surface area (Å²) in [6.45, 7) is 0. The number of aliphatic carboxylic acids is 1. The summed E-state index contributed by atoms with van der Waals surface area (Å²) in [4.78, 5) is 34.6. The van der Waals surface area contributed by atoms with Crippen LogP contribution < -0.4 is 0 Å². The molecule has 1 saturated heterocycles. The van der Waals surface area contributed by atoms with Gasteiger partial charge in [-0.25, -0.2) is 4.79 Å². The van der Waals surface area contributed by atoms with E-state index < -0.39 is 12.0 Å². The van der Waals surface area contributed by atoms with Crippen LogP contribution in [0.2, 0.25) is 0 Å². The Kier molecular flexibility index (Phi) is 5.90. The number of fused-ring (bicyclic) bond motifs is 1. The fourth-order valence-corrected chi connectivity index (χ4v) is 4.42. The van der Waals surface area contributed by atoms with Crippen molar-refractivity contribution in [2.75, 3.05) is 12.0 Å². The molecule has 1 atom stereocenters. The molecule has 9 heteroatoms. The van der Waals surface area contributed by atoms with Crippen molar-refractivity contribution in [3.8, 4) is 0 Å². The second-order valence-corrected chi connectivity index (χ2v) is 8.12. The van der Waals surface area contributed by atoms with Gasteiger partial charge in [-0.1, -0.05) is 36.1 Å². The fraction of sp³-hybridized carbons (Fsp3) is 0.235. The van der Waals surface area contributed by atoms with Crippen LogP contribution in [-0.4, -0.2) is 54.2 Å². The highest BCUT2D eigenvalue weighted by molar-refractivity contribution is 8.26. The van der Waals surface area contributed by atoms with Crippen molar-refractivity contribution in [3.63, 3.8) is 0 Å². The fourth-order valence-electron chi connectivity index (χ4n) is 2.61. The van der Waals surface area contributed by atoms with Crippen LogP contribution in [0, 0.1) is 0 Å². The largest absolute Gasteiger partial charge is 0.480 e. The zero-order valence-electron chi connectivity index (χ0n) is 13.8. The van der Waals surface area contributed by atoms with Crippen LogP contribution in [0.1, 0.15) is 12.0 Å². The van der Waals surface area contributed by atoms with Crippen LogP contribution in [0.5, 0.6) is 0 Å². The second-order valence-electron chi connectivity index (χ2n) is 5.46. The van der Waals surface area contributed by atoms with Crippen molar-refractivity contribution in [2.24, 2.45) is 0 Å². The molecule has 1 aliphatic heterocycles. The van der Waals surface area contributed by atoms with Gasteiger partial charge in [0, 0.05) is 18.0 Å². The molecule has 1 aromatic carbocycles. The highest BCUT2D eigenvalue weighted by Gasteiger charge is 2.40. The number of aromatic nitrogens is 2. The van der Waals surface area contributed by atoms with Crippen LogP contribution >= 0.6 is 35.7 Å². The van der Waals surface area contributed by atoms with Gasteiger partial charge < -0.3 is 5.11 Å². The summed E-state index contributed by atoms with van der Waals surface area (Å²) in [6.07, 6.45) is 7.13. The van der Waals surface area contributed by atoms with Crippen molar-refractivity contribution < 1.29 is 14.7 Å². The molecule has 3 rings (SSSR count). The van der Waals surface area contributed by atoms with E-state index in [9.17, 15) is 14.7 Å². The molecular formula is C17H15N3O3S3. The quantitative estimate of drug-likeness (QED) is 0.580. The minimum absolute atomic E-state index is 0.265. The molecule has 1 aromatic heterocycles. The number of carboxylic acids is 1. The van der Waals surface area contributed by atoms with Gasteiger partial charge in [0.1, 0.15) is 10.4 Å². The zero-order chi connectivity index (χ0) is 18.7. The topological polar surface area (TPSA) is 83.4 Å². The predicted molar refractivity (Wildman–Crippen MR) is 109 cm³/mol. The Morgan fingerprint density at radius 2 is 2.19 bits per heavy atom. The molecular weight excluding hydrogens is 390 g/mol. The van der Waals surface area contributed by atoms with Crippen LogP contribution in [-0.2, 0) is 9.59 Å². The first-order valence-corrected chi connectivity index (χ1v) is 10.3. The Morgan fingerprint density at radius 3 is 2.92 bits per heavy atom. The molecule has 0 spiro atoms. The molecule has 134 valence electrons. The Morgan fingerprint density at radius 1 is 1.42 bits per heavy atom.